The molecule has 1 N–H and O–H groups in total. The molecule has 2 atom stereocenters. The Hall–Kier alpha value is -1.77. The maximum Gasteiger partial charge on any atom is 0.253 e. The van der Waals surface area contributed by atoms with E-state index in [0.29, 0.717) is 5.92 Å². The van der Waals surface area contributed by atoms with Crippen LogP contribution in [0.1, 0.15) is 30.6 Å². The van der Waals surface area contributed by atoms with Gasteiger partial charge < -0.3 is 9.88 Å². The number of benzene rings is 1. The summed E-state index contributed by atoms with van der Waals surface area (Å²) < 4.78 is 0. The second-order valence-corrected chi connectivity index (χ2v) is 5.77. The van der Waals surface area contributed by atoms with E-state index < -0.39 is 0 Å². The number of carbonyl (C=O) groups is 1. The number of aromatic nitrogens is 1. The minimum absolute atomic E-state index is 0.162. The van der Waals surface area contributed by atoms with E-state index in [1.54, 1.807) is 0 Å². The summed E-state index contributed by atoms with van der Waals surface area (Å²) in [7, 11) is 0. The van der Waals surface area contributed by atoms with E-state index in [4.69, 9.17) is 0 Å². The zero-order valence-electron chi connectivity index (χ0n) is 11.5. The van der Waals surface area contributed by atoms with Gasteiger partial charge in [-0.2, -0.15) is 0 Å². The van der Waals surface area contributed by atoms with Gasteiger partial charge in [0.1, 0.15) is 0 Å². The number of hydrogen-bond donors (Lipinski definition) is 1. The Morgan fingerprint density at radius 3 is 2.89 bits per heavy atom. The highest BCUT2D eigenvalue weighted by Crippen LogP contribution is 2.24. The number of aromatic amines is 1. The molecule has 1 aliphatic rings. The van der Waals surface area contributed by atoms with E-state index in [1.807, 2.05) is 35.4 Å². The van der Waals surface area contributed by atoms with Gasteiger partial charge in [0.2, 0.25) is 0 Å². The fourth-order valence-electron chi connectivity index (χ4n) is 2.81. The minimum Gasteiger partial charge on any atom is -0.361 e. The van der Waals surface area contributed by atoms with Gasteiger partial charge in [-0.15, -0.1) is 0 Å². The fraction of sp³-hybridized carbons (Fsp3) is 0.438. The molecule has 100 valence electrons. The molecule has 1 aliphatic heterocycles. The Morgan fingerprint density at radius 2 is 2.11 bits per heavy atom. The molecule has 0 bridgehead atoms. The maximum absolute atomic E-state index is 12.5. The average Bonchev–Trinajstić information content (AvgIpc) is 2.88. The van der Waals surface area contributed by atoms with Crippen LogP contribution in [-0.2, 0) is 0 Å². The lowest BCUT2D eigenvalue weighted by molar-refractivity contribution is 0.0627. The molecule has 3 heteroatoms. The molecule has 1 amide bonds. The summed E-state index contributed by atoms with van der Waals surface area (Å²) in [6, 6.07) is 7.92. The van der Waals surface area contributed by atoms with Crippen LogP contribution in [-0.4, -0.2) is 28.9 Å². The fourth-order valence-corrected chi connectivity index (χ4v) is 2.81. The average molecular weight is 256 g/mol. The molecule has 2 heterocycles. The van der Waals surface area contributed by atoms with Crippen LogP contribution >= 0.6 is 0 Å². The third kappa shape index (κ3) is 2.25. The van der Waals surface area contributed by atoms with Crippen molar-refractivity contribution in [2.24, 2.45) is 11.8 Å². The SMILES string of the molecule is CC1CCN(C(=O)c2ccc3cc[nH]c3c2)CC1C. The molecule has 3 rings (SSSR count). The number of nitrogens with zero attached hydrogens (tertiary/aromatic N) is 1. The molecule has 1 aromatic carbocycles. The van der Waals surface area contributed by atoms with Crippen LogP contribution in [0.4, 0.5) is 0 Å². The Balaban J connectivity index is 1.83. The van der Waals surface area contributed by atoms with Crippen LogP contribution < -0.4 is 0 Å². The van der Waals surface area contributed by atoms with E-state index >= 15 is 0 Å². The van der Waals surface area contributed by atoms with Crippen LogP contribution in [0.3, 0.4) is 0 Å². The highest BCUT2D eigenvalue weighted by atomic mass is 16.2. The third-order valence-electron chi connectivity index (χ3n) is 4.42. The van der Waals surface area contributed by atoms with Crippen molar-refractivity contribution in [1.29, 1.82) is 0 Å². The maximum atomic E-state index is 12.5. The number of carbonyl (C=O) groups excluding carboxylic acids is 1. The molecule has 2 unspecified atom stereocenters. The summed E-state index contributed by atoms with van der Waals surface area (Å²) in [5, 5.41) is 1.15. The molecule has 0 radical (unpaired) electrons. The van der Waals surface area contributed by atoms with Gasteiger partial charge in [-0.1, -0.05) is 19.9 Å². The van der Waals surface area contributed by atoms with Gasteiger partial charge >= 0.3 is 0 Å². The summed E-state index contributed by atoms with van der Waals surface area (Å²) in [4.78, 5) is 17.7. The van der Waals surface area contributed by atoms with Crippen molar-refractivity contribution < 1.29 is 4.79 Å². The summed E-state index contributed by atoms with van der Waals surface area (Å²) >= 11 is 0. The highest BCUT2D eigenvalue weighted by Gasteiger charge is 2.26. The van der Waals surface area contributed by atoms with Gasteiger partial charge in [0.15, 0.2) is 0 Å². The van der Waals surface area contributed by atoms with Gasteiger partial charge in [0.25, 0.3) is 5.91 Å². The van der Waals surface area contributed by atoms with Crippen molar-refractivity contribution in [2.45, 2.75) is 20.3 Å². The lowest BCUT2D eigenvalue weighted by Gasteiger charge is -2.35. The molecule has 2 aromatic rings. The monoisotopic (exact) mass is 256 g/mol. The highest BCUT2D eigenvalue weighted by molar-refractivity contribution is 5.98. The summed E-state index contributed by atoms with van der Waals surface area (Å²) in [6.45, 7) is 6.27. The predicted molar refractivity (Wildman–Crippen MR) is 77.1 cm³/mol. The molecule has 19 heavy (non-hydrogen) atoms. The molecule has 1 fully saturated rings. The van der Waals surface area contributed by atoms with Crippen LogP contribution in [0, 0.1) is 11.8 Å². The van der Waals surface area contributed by atoms with Crippen molar-refractivity contribution in [3.05, 3.63) is 36.0 Å². The topological polar surface area (TPSA) is 36.1 Å². The smallest absolute Gasteiger partial charge is 0.253 e. The van der Waals surface area contributed by atoms with Crippen LogP contribution in [0.2, 0.25) is 0 Å². The summed E-state index contributed by atoms with van der Waals surface area (Å²) in [5.41, 5.74) is 1.82. The van der Waals surface area contributed by atoms with Gasteiger partial charge in [0, 0.05) is 30.4 Å². The lowest BCUT2D eigenvalue weighted by Crippen LogP contribution is -2.42. The van der Waals surface area contributed by atoms with E-state index in [2.05, 4.69) is 18.8 Å². The molecule has 1 saturated heterocycles. The number of hydrogen-bond acceptors (Lipinski definition) is 1. The number of H-pyrrole nitrogens is 1. The van der Waals surface area contributed by atoms with Gasteiger partial charge in [0.05, 0.1) is 0 Å². The molecule has 1 aromatic heterocycles. The number of piperidine rings is 1. The van der Waals surface area contributed by atoms with Crippen molar-refractivity contribution in [3.8, 4) is 0 Å². The van der Waals surface area contributed by atoms with Crippen LogP contribution in [0.15, 0.2) is 30.5 Å². The molecular weight excluding hydrogens is 236 g/mol. The van der Waals surface area contributed by atoms with E-state index in [1.165, 1.54) is 0 Å². The first-order chi connectivity index (χ1) is 9.15. The summed E-state index contributed by atoms with van der Waals surface area (Å²) in [6.07, 6.45) is 3.02. The molecule has 0 spiro atoms. The molecule has 3 nitrogen and oxygen atoms in total. The summed E-state index contributed by atoms with van der Waals surface area (Å²) in [5.74, 6) is 1.47. The van der Waals surface area contributed by atoms with Crippen LogP contribution in [0.5, 0.6) is 0 Å². The van der Waals surface area contributed by atoms with Gasteiger partial charge in [-0.3, -0.25) is 4.79 Å². The number of amides is 1. The lowest BCUT2D eigenvalue weighted by atomic mass is 9.88. The second-order valence-electron chi connectivity index (χ2n) is 5.77. The predicted octanol–water partition coefficient (Wildman–Crippen LogP) is 3.29. The first kappa shape index (κ1) is 12.3. The normalized spacial score (nSPS) is 23.8. The Bertz CT molecular complexity index is 602. The van der Waals surface area contributed by atoms with E-state index in [9.17, 15) is 4.79 Å². The van der Waals surface area contributed by atoms with E-state index in [-0.39, 0.29) is 5.91 Å². The first-order valence-corrected chi connectivity index (χ1v) is 7.01. The number of nitrogens with one attached hydrogen (secondary N) is 1. The van der Waals surface area contributed by atoms with E-state index in [0.717, 1.165) is 41.9 Å². The number of fused-ring (bicyclic) bond motifs is 1. The van der Waals surface area contributed by atoms with Gasteiger partial charge in [-0.05, 0) is 41.8 Å². The quantitative estimate of drug-likeness (QED) is 0.835. The Morgan fingerprint density at radius 1 is 1.26 bits per heavy atom. The zero-order valence-corrected chi connectivity index (χ0v) is 11.5. The largest absolute Gasteiger partial charge is 0.361 e. The van der Waals surface area contributed by atoms with Crippen LogP contribution in [0.25, 0.3) is 10.9 Å². The molecule has 0 aliphatic carbocycles. The minimum atomic E-state index is 0.162. The number of rotatable bonds is 1. The zero-order chi connectivity index (χ0) is 13.4. The molecular formula is C16H20N2O. The molecule has 0 saturated carbocycles. The third-order valence-corrected chi connectivity index (χ3v) is 4.42. The first-order valence-electron chi connectivity index (χ1n) is 7.01. The Kier molecular flexibility index (Phi) is 3.05. The van der Waals surface area contributed by atoms with Crippen molar-refractivity contribution >= 4 is 16.8 Å². The Labute approximate surface area is 113 Å². The second kappa shape index (κ2) is 4.72. The van der Waals surface area contributed by atoms with Crippen molar-refractivity contribution in [1.82, 2.24) is 9.88 Å². The van der Waals surface area contributed by atoms with Crippen molar-refractivity contribution in [2.75, 3.05) is 13.1 Å². The number of likely N-dealkylation sites (tertiary alicyclic amines) is 1. The van der Waals surface area contributed by atoms with Gasteiger partial charge in [-0.25, -0.2) is 0 Å². The standard InChI is InChI=1S/C16H20N2O/c1-11-6-8-18(10-12(11)2)16(19)14-4-3-13-5-7-17-15(13)9-14/h3-5,7,9,11-12,17H,6,8,10H2,1-2H3. The van der Waals surface area contributed by atoms with Crippen molar-refractivity contribution in [3.63, 3.8) is 0 Å².